The van der Waals surface area contributed by atoms with Gasteiger partial charge in [0, 0.05) is 11.0 Å². The average molecular weight is 349 g/mol. The number of ether oxygens (including phenoxy) is 2. The normalized spacial score (nSPS) is 12.0. The number of nitrogens with one attached hydrogen (secondary N) is 1. The highest BCUT2D eigenvalue weighted by molar-refractivity contribution is 9.10. The maximum atomic E-state index is 13.8. The van der Waals surface area contributed by atoms with E-state index in [1.807, 2.05) is 18.2 Å². The molecular formula is C15H10BrFN2O2. The Balaban J connectivity index is 1.78. The van der Waals surface area contributed by atoms with Gasteiger partial charge in [-0.1, -0.05) is 15.9 Å². The van der Waals surface area contributed by atoms with Crippen molar-refractivity contribution in [2.75, 3.05) is 12.1 Å². The topological polar surface area (TPSA) is 54.3 Å². The number of nitrogens with zero attached hydrogens (tertiary/aromatic N) is 1. The molecule has 2 aromatic carbocycles. The molecule has 0 saturated carbocycles. The van der Waals surface area contributed by atoms with Gasteiger partial charge in [0.25, 0.3) is 0 Å². The van der Waals surface area contributed by atoms with Crippen LogP contribution in [0.3, 0.4) is 0 Å². The van der Waals surface area contributed by atoms with Gasteiger partial charge in [-0.05, 0) is 35.9 Å². The standard InChI is InChI=1S/C15H10BrFN2O2/c16-11-5-15-14(20-8-21-15)4-10(11)7-19-13-2-1-9(6-18)3-12(13)17/h1-5,19H,7-8H2. The minimum atomic E-state index is -0.453. The summed E-state index contributed by atoms with van der Waals surface area (Å²) >= 11 is 3.45. The summed E-state index contributed by atoms with van der Waals surface area (Å²) in [6.07, 6.45) is 0. The second-order valence-corrected chi connectivity index (χ2v) is 5.31. The minimum Gasteiger partial charge on any atom is -0.454 e. The molecule has 106 valence electrons. The van der Waals surface area contributed by atoms with E-state index in [1.165, 1.54) is 6.07 Å². The SMILES string of the molecule is N#Cc1ccc(NCc2cc3c(cc2Br)OCO3)c(F)c1. The first kappa shape index (κ1) is 13.7. The van der Waals surface area contributed by atoms with Gasteiger partial charge >= 0.3 is 0 Å². The number of nitriles is 1. The van der Waals surface area contributed by atoms with Crippen molar-refractivity contribution < 1.29 is 13.9 Å². The van der Waals surface area contributed by atoms with Crippen LogP contribution in [0.5, 0.6) is 11.5 Å². The Bertz CT molecular complexity index is 743. The first-order chi connectivity index (χ1) is 10.2. The summed E-state index contributed by atoms with van der Waals surface area (Å²) in [5.41, 5.74) is 1.56. The van der Waals surface area contributed by atoms with E-state index in [2.05, 4.69) is 21.2 Å². The number of anilines is 1. The van der Waals surface area contributed by atoms with Crippen LogP contribution in [0.15, 0.2) is 34.8 Å². The number of hydrogen-bond acceptors (Lipinski definition) is 4. The summed E-state index contributed by atoms with van der Waals surface area (Å²) in [4.78, 5) is 0. The predicted octanol–water partition coefficient (Wildman–Crippen LogP) is 3.80. The van der Waals surface area contributed by atoms with Crippen molar-refractivity contribution in [2.45, 2.75) is 6.54 Å². The molecule has 0 aliphatic carbocycles. The number of rotatable bonds is 3. The molecule has 0 saturated heterocycles. The van der Waals surface area contributed by atoms with Crippen LogP contribution in [0.25, 0.3) is 0 Å². The van der Waals surface area contributed by atoms with E-state index in [9.17, 15) is 4.39 Å². The van der Waals surface area contributed by atoms with E-state index in [0.717, 1.165) is 10.0 Å². The molecule has 1 N–H and O–H groups in total. The van der Waals surface area contributed by atoms with Crippen LogP contribution in [-0.2, 0) is 6.54 Å². The highest BCUT2D eigenvalue weighted by Gasteiger charge is 2.16. The predicted molar refractivity (Wildman–Crippen MR) is 78.7 cm³/mol. The number of halogens is 2. The molecule has 1 aliphatic rings. The first-order valence-electron chi connectivity index (χ1n) is 6.19. The molecule has 21 heavy (non-hydrogen) atoms. The Morgan fingerprint density at radius 2 is 2.00 bits per heavy atom. The second-order valence-electron chi connectivity index (χ2n) is 4.46. The average Bonchev–Trinajstić information content (AvgIpc) is 2.92. The largest absolute Gasteiger partial charge is 0.454 e. The smallest absolute Gasteiger partial charge is 0.231 e. The molecule has 0 atom stereocenters. The molecule has 0 aromatic heterocycles. The third kappa shape index (κ3) is 2.78. The highest BCUT2D eigenvalue weighted by Crippen LogP contribution is 2.37. The van der Waals surface area contributed by atoms with E-state index in [0.29, 0.717) is 29.3 Å². The molecule has 0 spiro atoms. The van der Waals surface area contributed by atoms with Crippen molar-refractivity contribution in [1.82, 2.24) is 0 Å². The highest BCUT2D eigenvalue weighted by atomic mass is 79.9. The zero-order valence-electron chi connectivity index (χ0n) is 10.8. The lowest BCUT2D eigenvalue weighted by molar-refractivity contribution is 0.174. The minimum absolute atomic E-state index is 0.211. The number of hydrogen-bond donors (Lipinski definition) is 1. The summed E-state index contributed by atoms with van der Waals surface area (Å²) in [5.74, 6) is 0.913. The Morgan fingerprint density at radius 1 is 1.24 bits per heavy atom. The third-order valence-electron chi connectivity index (χ3n) is 3.11. The summed E-state index contributed by atoms with van der Waals surface area (Å²) in [6.45, 7) is 0.628. The summed E-state index contributed by atoms with van der Waals surface area (Å²) < 4.78 is 25.2. The second kappa shape index (κ2) is 5.62. The molecule has 4 nitrogen and oxygen atoms in total. The number of benzene rings is 2. The van der Waals surface area contributed by atoms with Crippen molar-refractivity contribution >= 4 is 21.6 Å². The van der Waals surface area contributed by atoms with Crippen molar-refractivity contribution in [3.05, 3.63) is 51.7 Å². The van der Waals surface area contributed by atoms with E-state index < -0.39 is 5.82 Å². The van der Waals surface area contributed by atoms with Gasteiger partial charge < -0.3 is 14.8 Å². The van der Waals surface area contributed by atoms with Crippen LogP contribution >= 0.6 is 15.9 Å². The van der Waals surface area contributed by atoms with Gasteiger partial charge in [-0.3, -0.25) is 0 Å². The molecule has 0 unspecified atom stereocenters. The molecule has 1 heterocycles. The van der Waals surface area contributed by atoms with E-state index in [4.69, 9.17) is 14.7 Å². The van der Waals surface area contributed by atoms with Crippen LogP contribution in [0, 0.1) is 17.1 Å². The fourth-order valence-corrected chi connectivity index (χ4v) is 2.48. The molecule has 0 fully saturated rings. The van der Waals surface area contributed by atoms with Gasteiger partial charge in [-0.25, -0.2) is 4.39 Å². The summed E-state index contributed by atoms with van der Waals surface area (Å²) in [5, 5.41) is 11.7. The van der Waals surface area contributed by atoms with Gasteiger partial charge in [0.1, 0.15) is 5.82 Å². The lowest BCUT2D eigenvalue weighted by Crippen LogP contribution is -2.02. The van der Waals surface area contributed by atoms with Crippen LogP contribution < -0.4 is 14.8 Å². The van der Waals surface area contributed by atoms with E-state index in [1.54, 1.807) is 12.1 Å². The zero-order valence-corrected chi connectivity index (χ0v) is 12.4. The molecule has 1 aliphatic heterocycles. The molecule has 6 heteroatoms. The lowest BCUT2D eigenvalue weighted by Gasteiger charge is -2.10. The molecule has 2 aromatic rings. The Labute approximate surface area is 129 Å². The molecule has 0 bridgehead atoms. The van der Waals surface area contributed by atoms with Gasteiger partial charge in [0.05, 0.1) is 17.3 Å². The van der Waals surface area contributed by atoms with Crippen molar-refractivity contribution in [3.8, 4) is 17.6 Å². The fraction of sp³-hybridized carbons (Fsp3) is 0.133. The van der Waals surface area contributed by atoms with Gasteiger partial charge in [-0.15, -0.1) is 0 Å². The Kier molecular flexibility index (Phi) is 3.67. The first-order valence-corrected chi connectivity index (χ1v) is 6.98. The molecule has 0 amide bonds. The van der Waals surface area contributed by atoms with E-state index >= 15 is 0 Å². The summed E-state index contributed by atoms with van der Waals surface area (Å²) in [6, 6.07) is 9.90. The fourth-order valence-electron chi connectivity index (χ4n) is 2.01. The van der Waals surface area contributed by atoms with Gasteiger partial charge in [0.2, 0.25) is 6.79 Å². The Morgan fingerprint density at radius 3 is 2.71 bits per heavy atom. The van der Waals surface area contributed by atoms with Crippen molar-refractivity contribution in [1.29, 1.82) is 5.26 Å². The molecule has 3 rings (SSSR count). The quantitative estimate of drug-likeness (QED) is 0.916. The maximum Gasteiger partial charge on any atom is 0.231 e. The van der Waals surface area contributed by atoms with Crippen LogP contribution in [0.1, 0.15) is 11.1 Å². The van der Waals surface area contributed by atoms with Gasteiger partial charge in [-0.2, -0.15) is 5.26 Å². The van der Waals surface area contributed by atoms with E-state index in [-0.39, 0.29) is 6.79 Å². The van der Waals surface area contributed by atoms with Gasteiger partial charge in [0.15, 0.2) is 11.5 Å². The van der Waals surface area contributed by atoms with Crippen LogP contribution in [0.2, 0.25) is 0 Å². The number of fused-ring (bicyclic) bond motifs is 1. The van der Waals surface area contributed by atoms with Crippen molar-refractivity contribution in [2.24, 2.45) is 0 Å². The maximum absolute atomic E-state index is 13.8. The van der Waals surface area contributed by atoms with Crippen LogP contribution in [-0.4, -0.2) is 6.79 Å². The molecular weight excluding hydrogens is 339 g/mol. The summed E-state index contributed by atoms with van der Waals surface area (Å²) in [7, 11) is 0. The van der Waals surface area contributed by atoms with Crippen LogP contribution in [0.4, 0.5) is 10.1 Å². The Hall–Kier alpha value is -2.26. The lowest BCUT2D eigenvalue weighted by atomic mass is 10.1. The molecule has 0 radical (unpaired) electrons. The zero-order chi connectivity index (χ0) is 14.8. The van der Waals surface area contributed by atoms with Crippen molar-refractivity contribution in [3.63, 3.8) is 0 Å². The third-order valence-corrected chi connectivity index (χ3v) is 3.85. The monoisotopic (exact) mass is 348 g/mol.